The molecule has 4 heterocycles. The second-order valence-corrected chi connectivity index (χ2v) is 14.4. The first-order valence-corrected chi connectivity index (χ1v) is 17.1. The molecule has 0 amide bonds. The summed E-state index contributed by atoms with van der Waals surface area (Å²) in [5.74, 6) is 2.83. The average molecular weight is 647 g/mol. The normalized spacial score (nSPS) is 21.7. The molecular formula is C36H37F3N4O2S. The Balaban J connectivity index is 1.32. The minimum absolute atomic E-state index is 0.00742. The van der Waals surface area contributed by atoms with E-state index in [1.165, 1.54) is 42.9 Å². The Morgan fingerprint density at radius 2 is 1.93 bits per heavy atom. The lowest BCUT2D eigenvalue weighted by Crippen LogP contribution is -2.41. The van der Waals surface area contributed by atoms with Gasteiger partial charge < -0.3 is 20.1 Å². The number of rotatable bonds is 5. The molecular weight excluding hydrogens is 609 g/mol. The van der Waals surface area contributed by atoms with Crippen LogP contribution in [0, 0.1) is 29.9 Å². The molecule has 3 aliphatic heterocycles. The highest BCUT2D eigenvalue weighted by Crippen LogP contribution is 2.47. The molecule has 2 atom stereocenters. The first-order chi connectivity index (χ1) is 22.3. The fourth-order valence-electron chi connectivity index (χ4n) is 7.37. The fraction of sp³-hybridized carbons (Fsp3) is 0.444. The van der Waals surface area contributed by atoms with Gasteiger partial charge in [0.15, 0.2) is 5.82 Å². The number of nitrogens with zero attached hydrogens (tertiary/aromatic N) is 3. The van der Waals surface area contributed by atoms with Crippen LogP contribution in [-0.2, 0) is 0 Å². The van der Waals surface area contributed by atoms with E-state index >= 15 is 4.39 Å². The summed E-state index contributed by atoms with van der Waals surface area (Å²) in [6.45, 7) is 2.87. The molecule has 1 spiro atoms. The number of alkyl halides is 1. The van der Waals surface area contributed by atoms with Crippen LogP contribution < -0.4 is 15.0 Å². The number of hydrogen-bond acceptors (Lipinski definition) is 7. The van der Waals surface area contributed by atoms with Crippen molar-refractivity contribution in [3.05, 3.63) is 53.6 Å². The Morgan fingerprint density at radius 3 is 2.72 bits per heavy atom. The number of aromatic hydroxyl groups is 1. The van der Waals surface area contributed by atoms with Crippen LogP contribution in [0.15, 0.2) is 36.4 Å². The van der Waals surface area contributed by atoms with Gasteiger partial charge in [0.25, 0.3) is 0 Å². The summed E-state index contributed by atoms with van der Waals surface area (Å²) >= 11 is 2.06. The van der Waals surface area contributed by atoms with E-state index in [4.69, 9.17) is 16.1 Å². The topological polar surface area (TPSA) is 70.5 Å². The number of terminal acetylenes is 1. The number of piperidine rings is 1. The molecule has 3 aromatic carbocycles. The number of phenols is 1. The Labute approximate surface area is 271 Å². The predicted octanol–water partition coefficient (Wildman–Crippen LogP) is 7.39. The van der Waals surface area contributed by atoms with E-state index in [-0.39, 0.29) is 46.5 Å². The third kappa shape index (κ3) is 5.95. The molecule has 0 bridgehead atoms. The van der Waals surface area contributed by atoms with Crippen LogP contribution in [-0.4, -0.2) is 64.5 Å². The van der Waals surface area contributed by atoms with E-state index in [0.29, 0.717) is 39.7 Å². The number of fused-ring (bicyclic) bond motifs is 2. The number of ether oxygens (including phenoxy) is 1. The lowest BCUT2D eigenvalue weighted by atomic mass is 9.91. The molecule has 6 nitrogen and oxygen atoms in total. The molecule has 7 rings (SSSR count). The maximum Gasteiger partial charge on any atom is 0.319 e. The van der Waals surface area contributed by atoms with E-state index in [0.717, 1.165) is 45.3 Å². The van der Waals surface area contributed by atoms with Gasteiger partial charge in [-0.25, -0.2) is 13.2 Å². The molecule has 2 N–H and O–H groups in total. The van der Waals surface area contributed by atoms with Crippen molar-refractivity contribution in [2.24, 2.45) is 5.92 Å². The van der Waals surface area contributed by atoms with Gasteiger partial charge in [-0.2, -0.15) is 21.7 Å². The highest BCUT2D eigenvalue weighted by Gasteiger charge is 2.38. The summed E-state index contributed by atoms with van der Waals surface area (Å²) < 4.78 is 52.5. The zero-order chi connectivity index (χ0) is 31.8. The van der Waals surface area contributed by atoms with Crippen molar-refractivity contribution in [2.45, 2.75) is 55.9 Å². The van der Waals surface area contributed by atoms with Crippen molar-refractivity contribution in [2.75, 3.05) is 43.4 Å². The number of anilines is 1. The van der Waals surface area contributed by atoms with Crippen molar-refractivity contribution in [3.8, 4) is 35.2 Å². The largest absolute Gasteiger partial charge is 0.508 e. The molecule has 10 heteroatoms. The molecule has 3 aliphatic rings. The SMILES string of the molecule is C#Cc1c(F)ccc2cc(O)cc(-c3ccc4c(N5CCC6(CCCS6)CC5)nc(OC[C@@H]5CCCNC[C@H](F)C5)nc4c3F)c12. The third-order valence-electron chi connectivity index (χ3n) is 9.78. The molecule has 46 heavy (non-hydrogen) atoms. The number of phenolic OH excluding ortho intramolecular Hbond substituents is 1. The first kappa shape index (κ1) is 30.9. The highest BCUT2D eigenvalue weighted by molar-refractivity contribution is 8.00. The number of aromatic nitrogens is 2. The van der Waals surface area contributed by atoms with E-state index < -0.39 is 17.8 Å². The van der Waals surface area contributed by atoms with Gasteiger partial charge in [-0.1, -0.05) is 18.1 Å². The molecule has 1 aromatic heterocycles. The number of nitrogens with one attached hydrogen (secondary N) is 1. The van der Waals surface area contributed by atoms with Crippen LogP contribution in [0.25, 0.3) is 32.8 Å². The van der Waals surface area contributed by atoms with E-state index in [2.05, 4.69) is 32.9 Å². The molecule has 4 aromatic rings. The summed E-state index contributed by atoms with van der Waals surface area (Å²) in [6.07, 6.45) is 11.3. The quantitative estimate of drug-likeness (QED) is 0.219. The van der Waals surface area contributed by atoms with Crippen LogP contribution in [0.3, 0.4) is 0 Å². The molecule has 0 radical (unpaired) electrons. The summed E-state index contributed by atoms with van der Waals surface area (Å²) in [6, 6.07) is 9.07. The van der Waals surface area contributed by atoms with Crippen LogP contribution in [0.4, 0.5) is 19.0 Å². The monoisotopic (exact) mass is 646 g/mol. The first-order valence-electron chi connectivity index (χ1n) is 16.1. The molecule has 3 fully saturated rings. The van der Waals surface area contributed by atoms with Gasteiger partial charge in [-0.3, -0.25) is 0 Å². The van der Waals surface area contributed by atoms with E-state index in [9.17, 15) is 13.9 Å². The Kier molecular flexibility index (Phi) is 8.64. The van der Waals surface area contributed by atoms with Crippen molar-refractivity contribution < 1.29 is 23.0 Å². The predicted molar refractivity (Wildman–Crippen MR) is 178 cm³/mol. The number of halogens is 3. The van der Waals surface area contributed by atoms with Crippen LogP contribution in [0.5, 0.6) is 11.8 Å². The molecule has 0 saturated carbocycles. The average Bonchev–Trinajstić information content (AvgIpc) is 3.50. The smallest absolute Gasteiger partial charge is 0.319 e. The Morgan fingerprint density at radius 1 is 1.09 bits per heavy atom. The van der Waals surface area contributed by atoms with Crippen LogP contribution in [0.1, 0.15) is 50.5 Å². The van der Waals surface area contributed by atoms with Gasteiger partial charge in [0.05, 0.1) is 12.2 Å². The number of thioether (sulfide) groups is 1. The second kappa shape index (κ2) is 12.8. The van der Waals surface area contributed by atoms with Gasteiger partial charge in [0.1, 0.15) is 29.1 Å². The Bertz CT molecular complexity index is 1810. The zero-order valence-corrected chi connectivity index (χ0v) is 26.4. The van der Waals surface area contributed by atoms with Crippen molar-refractivity contribution in [1.82, 2.24) is 15.3 Å². The maximum atomic E-state index is 16.8. The summed E-state index contributed by atoms with van der Waals surface area (Å²) in [4.78, 5) is 11.6. The molecule has 240 valence electrons. The highest BCUT2D eigenvalue weighted by atomic mass is 32.2. The van der Waals surface area contributed by atoms with E-state index in [1.54, 1.807) is 12.1 Å². The minimum Gasteiger partial charge on any atom is -0.508 e. The van der Waals surface area contributed by atoms with Crippen LogP contribution in [0.2, 0.25) is 0 Å². The third-order valence-corrected chi connectivity index (χ3v) is 11.5. The summed E-state index contributed by atoms with van der Waals surface area (Å²) in [5.41, 5.74) is 0.444. The minimum atomic E-state index is -0.967. The van der Waals surface area contributed by atoms with Gasteiger partial charge in [0.2, 0.25) is 0 Å². The van der Waals surface area contributed by atoms with Gasteiger partial charge in [-0.05, 0) is 98.4 Å². The van der Waals surface area contributed by atoms with Crippen molar-refractivity contribution in [3.63, 3.8) is 0 Å². The standard InChI is InChI=1S/C36H37F3N4O2S/c1-2-26-30(38)9-6-23-18-25(44)19-29(31(23)26)27-7-8-28-33(32(27)39)41-35(45-21-22-5-3-13-40-20-24(37)17-22)42-34(28)43-14-11-36(12-15-43)10-4-16-46-36/h1,6-9,18-19,22,24,40,44H,3-5,10-17,20-21H2/t22-,24-/m1/s1. The second-order valence-electron chi connectivity index (χ2n) is 12.8. The van der Waals surface area contributed by atoms with Crippen molar-refractivity contribution in [1.29, 1.82) is 0 Å². The van der Waals surface area contributed by atoms with Gasteiger partial charge in [0, 0.05) is 40.7 Å². The zero-order valence-electron chi connectivity index (χ0n) is 25.6. The lowest BCUT2D eigenvalue weighted by Gasteiger charge is -2.39. The van der Waals surface area contributed by atoms with E-state index in [1.807, 2.05) is 0 Å². The van der Waals surface area contributed by atoms with Crippen LogP contribution >= 0.6 is 11.8 Å². The molecule has 0 aliphatic carbocycles. The molecule has 0 unspecified atom stereocenters. The van der Waals surface area contributed by atoms with Gasteiger partial charge in [-0.15, -0.1) is 6.42 Å². The maximum absolute atomic E-state index is 16.8. The number of benzene rings is 3. The van der Waals surface area contributed by atoms with Crippen molar-refractivity contribution >= 4 is 39.3 Å². The lowest BCUT2D eigenvalue weighted by molar-refractivity contribution is 0.166. The Hall–Kier alpha value is -3.68. The summed E-state index contributed by atoms with van der Waals surface area (Å²) in [5, 5.41) is 15.0. The fourth-order valence-corrected chi connectivity index (χ4v) is 8.86. The number of hydrogen-bond donors (Lipinski definition) is 2. The summed E-state index contributed by atoms with van der Waals surface area (Å²) in [7, 11) is 0. The molecule has 3 saturated heterocycles. The van der Waals surface area contributed by atoms with Gasteiger partial charge >= 0.3 is 6.01 Å².